The van der Waals surface area contributed by atoms with Gasteiger partial charge in [0.05, 0.1) is 22.7 Å². The number of aliphatic hydroxyl groups excluding tert-OH is 1. The minimum Gasteiger partial charge on any atom is -0.394 e. The number of sulfonamides is 1. The summed E-state index contributed by atoms with van der Waals surface area (Å²) in [6.07, 6.45) is 2.47. The number of halogens is 2. The van der Waals surface area contributed by atoms with Gasteiger partial charge in [0.15, 0.2) is 0 Å². The predicted octanol–water partition coefficient (Wildman–Crippen LogP) is 1.88. The van der Waals surface area contributed by atoms with E-state index in [9.17, 15) is 17.6 Å². The monoisotopic (exact) mass is 470 g/mol. The molecule has 0 aliphatic carbocycles. The topological polar surface area (TPSA) is 124 Å². The van der Waals surface area contributed by atoms with Crippen LogP contribution in [0.3, 0.4) is 0 Å². The second-order valence-corrected chi connectivity index (χ2v) is 8.15. The second-order valence-electron chi connectivity index (χ2n) is 5.67. The Kier molecular flexibility index (Phi) is 6.73. The number of benzene rings is 1. The average Bonchev–Trinajstić information content (AvgIpc) is 2.96. The highest BCUT2D eigenvalue weighted by molar-refractivity contribution is 9.10. The van der Waals surface area contributed by atoms with Gasteiger partial charge in [0, 0.05) is 18.9 Å². The average molecular weight is 471 g/mol. The third-order valence-corrected chi connectivity index (χ3v) is 6.29. The van der Waals surface area contributed by atoms with Crippen LogP contribution in [-0.2, 0) is 17.1 Å². The highest BCUT2D eigenvalue weighted by Crippen LogP contribution is 2.28. The number of aryl methyl sites for hydroxylation is 1. The van der Waals surface area contributed by atoms with Crippen LogP contribution < -0.4 is 10.0 Å². The van der Waals surface area contributed by atoms with Gasteiger partial charge in [0.25, 0.3) is 5.91 Å². The van der Waals surface area contributed by atoms with Gasteiger partial charge in [0.2, 0.25) is 10.0 Å². The van der Waals surface area contributed by atoms with Crippen LogP contribution in [0.1, 0.15) is 16.1 Å². The highest BCUT2D eigenvalue weighted by atomic mass is 79.9. The largest absolute Gasteiger partial charge is 0.394 e. The normalized spacial score (nSPS) is 12.2. The summed E-state index contributed by atoms with van der Waals surface area (Å²) in [6.45, 7) is 2.95. The molecule has 1 aromatic heterocycles. The van der Waals surface area contributed by atoms with Crippen LogP contribution in [-0.4, -0.2) is 36.6 Å². The van der Waals surface area contributed by atoms with E-state index in [1.54, 1.807) is 6.07 Å². The summed E-state index contributed by atoms with van der Waals surface area (Å²) in [4.78, 5) is 12.4. The molecule has 0 saturated carbocycles. The van der Waals surface area contributed by atoms with Crippen LogP contribution in [0.5, 0.6) is 0 Å². The quantitative estimate of drug-likeness (QED) is 0.532. The molecule has 2 aromatic rings. The van der Waals surface area contributed by atoms with Crippen molar-refractivity contribution in [1.29, 1.82) is 5.26 Å². The van der Waals surface area contributed by atoms with Crippen LogP contribution in [0.4, 0.5) is 10.1 Å². The number of nitriles is 1. The van der Waals surface area contributed by atoms with Crippen LogP contribution >= 0.6 is 15.9 Å². The predicted molar refractivity (Wildman–Crippen MR) is 104 cm³/mol. The maximum atomic E-state index is 13.4. The van der Waals surface area contributed by atoms with Crippen LogP contribution in [0.2, 0.25) is 0 Å². The molecule has 1 aromatic carbocycles. The first-order valence-electron chi connectivity index (χ1n) is 7.76. The standard InChI is InChI=1S/C17H16BrFN4O4S/c1-3-11(9-24)22-28(26,27)14-8-23(2)16(15(14)18)17(25)21-12-4-5-13(19)10(6-12)7-20/h3-6,8,11,22,24H,1,9H2,2H3,(H,21,25). The summed E-state index contributed by atoms with van der Waals surface area (Å²) < 4.78 is 42.0. The Bertz CT molecular complexity index is 1080. The molecule has 148 valence electrons. The summed E-state index contributed by atoms with van der Waals surface area (Å²) in [6, 6.07) is 4.26. The molecule has 1 atom stereocenters. The van der Waals surface area contributed by atoms with Gasteiger partial charge in [-0.1, -0.05) is 6.08 Å². The Morgan fingerprint density at radius 1 is 1.54 bits per heavy atom. The first-order chi connectivity index (χ1) is 13.1. The zero-order valence-electron chi connectivity index (χ0n) is 14.6. The summed E-state index contributed by atoms with van der Waals surface area (Å²) in [5.41, 5.74) is -0.0800. The minimum absolute atomic E-state index is 0.00312. The Labute approximate surface area is 169 Å². The van der Waals surface area contributed by atoms with E-state index < -0.39 is 34.4 Å². The van der Waals surface area contributed by atoms with Crippen molar-refractivity contribution in [2.45, 2.75) is 10.9 Å². The highest BCUT2D eigenvalue weighted by Gasteiger charge is 2.28. The summed E-state index contributed by atoms with van der Waals surface area (Å²) in [5.74, 6) is -1.39. The van der Waals surface area contributed by atoms with Gasteiger partial charge in [-0.15, -0.1) is 6.58 Å². The number of carbonyl (C=O) groups is 1. The van der Waals surface area contributed by atoms with E-state index in [4.69, 9.17) is 10.4 Å². The fourth-order valence-electron chi connectivity index (χ4n) is 2.32. The first kappa shape index (κ1) is 21.8. The molecule has 0 saturated heterocycles. The fourth-order valence-corrected chi connectivity index (χ4v) is 4.84. The lowest BCUT2D eigenvalue weighted by atomic mass is 10.2. The lowest BCUT2D eigenvalue weighted by molar-refractivity contribution is 0.101. The SMILES string of the molecule is C=CC(CO)NS(=O)(=O)c1cn(C)c(C(=O)Nc2ccc(F)c(C#N)c2)c1Br. The van der Waals surface area contributed by atoms with Gasteiger partial charge < -0.3 is 15.0 Å². The summed E-state index contributed by atoms with van der Waals surface area (Å²) in [5, 5.41) is 20.5. The molecule has 0 spiro atoms. The number of hydrogen-bond donors (Lipinski definition) is 3. The van der Waals surface area contributed by atoms with E-state index in [-0.39, 0.29) is 26.3 Å². The van der Waals surface area contributed by atoms with Gasteiger partial charge in [0.1, 0.15) is 22.5 Å². The number of nitrogens with one attached hydrogen (secondary N) is 2. The molecule has 1 heterocycles. The zero-order chi connectivity index (χ0) is 21.1. The Morgan fingerprint density at radius 2 is 2.21 bits per heavy atom. The van der Waals surface area contributed by atoms with E-state index in [1.165, 1.54) is 36.0 Å². The number of rotatable bonds is 7. The number of nitrogens with zero attached hydrogens (tertiary/aromatic N) is 2. The molecule has 0 aliphatic rings. The van der Waals surface area contributed by atoms with Crippen LogP contribution in [0.15, 0.2) is 46.4 Å². The van der Waals surface area contributed by atoms with Crippen molar-refractivity contribution in [1.82, 2.24) is 9.29 Å². The lowest BCUT2D eigenvalue weighted by Gasteiger charge is -2.11. The molecule has 0 fully saturated rings. The van der Waals surface area contributed by atoms with E-state index in [2.05, 4.69) is 32.5 Å². The van der Waals surface area contributed by atoms with E-state index in [0.29, 0.717) is 0 Å². The fraction of sp³-hybridized carbons (Fsp3) is 0.176. The van der Waals surface area contributed by atoms with Gasteiger partial charge in [-0.25, -0.2) is 17.5 Å². The molecule has 0 aliphatic heterocycles. The van der Waals surface area contributed by atoms with Crippen molar-refractivity contribution in [2.75, 3.05) is 11.9 Å². The molecule has 1 amide bonds. The zero-order valence-corrected chi connectivity index (χ0v) is 17.0. The smallest absolute Gasteiger partial charge is 0.273 e. The number of hydrogen-bond acceptors (Lipinski definition) is 5. The third kappa shape index (κ3) is 4.48. The minimum atomic E-state index is -4.06. The molecule has 0 bridgehead atoms. The van der Waals surface area contributed by atoms with Gasteiger partial charge >= 0.3 is 0 Å². The Hall–Kier alpha value is -2.52. The summed E-state index contributed by atoms with van der Waals surface area (Å²) >= 11 is 3.12. The van der Waals surface area contributed by atoms with E-state index in [0.717, 1.165) is 6.07 Å². The summed E-state index contributed by atoms with van der Waals surface area (Å²) in [7, 11) is -2.59. The van der Waals surface area contributed by atoms with Crippen molar-refractivity contribution in [3.05, 3.63) is 58.6 Å². The molecule has 11 heteroatoms. The van der Waals surface area contributed by atoms with Crippen LogP contribution in [0, 0.1) is 17.1 Å². The lowest BCUT2D eigenvalue weighted by Crippen LogP contribution is -2.35. The Balaban J connectivity index is 2.36. The van der Waals surface area contributed by atoms with Crippen molar-refractivity contribution in [2.24, 2.45) is 7.05 Å². The molecule has 8 nitrogen and oxygen atoms in total. The molecular formula is C17H16BrFN4O4S. The molecule has 1 unspecified atom stereocenters. The van der Waals surface area contributed by atoms with Crippen molar-refractivity contribution < 1.29 is 22.7 Å². The van der Waals surface area contributed by atoms with E-state index in [1.807, 2.05) is 0 Å². The Morgan fingerprint density at radius 3 is 2.79 bits per heavy atom. The van der Waals surface area contributed by atoms with E-state index >= 15 is 0 Å². The first-order valence-corrected chi connectivity index (χ1v) is 10.0. The number of carbonyl (C=O) groups excluding carboxylic acids is 1. The van der Waals surface area contributed by atoms with Gasteiger partial charge in [-0.05, 0) is 34.1 Å². The number of aromatic nitrogens is 1. The molecule has 28 heavy (non-hydrogen) atoms. The molecular weight excluding hydrogens is 455 g/mol. The number of aliphatic hydroxyl groups is 1. The van der Waals surface area contributed by atoms with Gasteiger partial charge in [-0.3, -0.25) is 4.79 Å². The molecule has 0 radical (unpaired) electrons. The van der Waals surface area contributed by atoms with Crippen LogP contribution in [0.25, 0.3) is 0 Å². The maximum Gasteiger partial charge on any atom is 0.273 e. The maximum absolute atomic E-state index is 13.4. The molecule has 2 rings (SSSR count). The number of amides is 1. The second kappa shape index (κ2) is 8.66. The van der Waals surface area contributed by atoms with Crippen molar-refractivity contribution in [3.63, 3.8) is 0 Å². The van der Waals surface area contributed by atoms with Crippen molar-refractivity contribution >= 4 is 37.5 Å². The van der Waals surface area contributed by atoms with Gasteiger partial charge in [-0.2, -0.15) is 5.26 Å². The molecule has 3 N–H and O–H groups in total. The third-order valence-electron chi connectivity index (χ3n) is 3.72. The van der Waals surface area contributed by atoms with Crippen molar-refractivity contribution in [3.8, 4) is 6.07 Å². The number of anilines is 1.